The van der Waals surface area contributed by atoms with Gasteiger partial charge in [0.05, 0.1) is 12.0 Å². The minimum Gasteiger partial charge on any atom is -0.507 e. The lowest BCUT2D eigenvalue weighted by Crippen LogP contribution is -2.05. The van der Waals surface area contributed by atoms with Crippen LogP contribution in [-0.2, 0) is 6.42 Å². The van der Waals surface area contributed by atoms with Gasteiger partial charge in [-0.2, -0.15) is 0 Å². The molecule has 1 N–H and O–H groups in total. The van der Waals surface area contributed by atoms with Crippen molar-refractivity contribution in [3.05, 3.63) is 54.1 Å². The normalized spacial score (nSPS) is 14.4. The Kier molecular flexibility index (Phi) is 2.03. The summed E-state index contributed by atoms with van der Waals surface area (Å²) in [6.07, 6.45) is 9.53. The largest absolute Gasteiger partial charge is 0.507 e. The fourth-order valence-electron chi connectivity index (χ4n) is 2.19. The fourth-order valence-corrected chi connectivity index (χ4v) is 2.19. The van der Waals surface area contributed by atoms with E-state index in [-0.39, 0.29) is 0 Å². The number of rotatable bonds is 1. The van der Waals surface area contributed by atoms with Crippen LogP contribution in [0.15, 0.2) is 43.0 Å². The van der Waals surface area contributed by atoms with E-state index in [4.69, 9.17) is 0 Å². The average molecular weight is 212 g/mol. The summed E-state index contributed by atoms with van der Waals surface area (Å²) in [5, 5.41) is 9.95. The molecule has 1 aliphatic carbocycles. The summed E-state index contributed by atoms with van der Waals surface area (Å²) in [4.78, 5) is 4.04. The Hall–Kier alpha value is -2.03. The van der Waals surface area contributed by atoms with E-state index in [0.29, 0.717) is 5.75 Å². The van der Waals surface area contributed by atoms with Crippen molar-refractivity contribution in [3.63, 3.8) is 0 Å². The molecule has 0 spiro atoms. The zero-order chi connectivity index (χ0) is 11.0. The third kappa shape index (κ3) is 1.33. The van der Waals surface area contributed by atoms with Crippen LogP contribution in [0, 0.1) is 0 Å². The SMILES string of the molecule is Oc1cccc2c1C(n1ccnc1)=CCC2. The average Bonchev–Trinajstić information content (AvgIpc) is 2.82. The zero-order valence-electron chi connectivity index (χ0n) is 8.80. The molecule has 0 saturated heterocycles. The second kappa shape index (κ2) is 3.52. The zero-order valence-corrected chi connectivity index (χ0v) is 8.80. The molecule has 0 radical (unpaired) electrons. The lowest BCUT2D eigenvalue weighted by Gasteiger charge is -2.19. The topological polar surface area (TPSA) is 38.0 Å². The van der Waals surface area contributed by atoms with Crippen LogP contribution in [0.25, 0.3) is 5.70 Å². The molecule has 0 amide bonds. The molecule has 0 unspecified atom stereocenters. The summed E-state index contributed by atoms with van der Waals surface area (Å²) >= 11 is 0. The third-order valence-electron chi connectivity index (χ3n) is 2.92. The second-order valence-electron chi connectivity index (χ2n) is 3.91. The Morgan fingerprint density at radius 3 is 3.06 bits per heavy atom. The van der Waals surface area contributed by atoms with Crippen LogP contribution >= 0.6 is 0 Å². The highest BCUT2D eigenvalue weighted by atomic mass is 16.3. The van der Waals surface area contributed by atoms with E-state index in [1.165, 1.54) is 5.56 Å². The molecule has 16 heavy (non-hydrogen) atoms. The Bertz CT molecular complexity index is 541. The minimum absolute atomic E-state index is 0.345. The fraction of sp³-hybridized carbons (Fsp3) is 0.154. The van der Waals surface area contributed by atoms with E-state index in [1.54, 1.807) is 18.6 Å². The number of phenols is 1. The molecule has 1 aliphatic rings. The maximum absolute atomic E-state index is 9.95. The number of aromatic hydroxyl groups is 1. The highest BCUT2D eigenvalue weighted by Crippen LogP contribution is 2.33. The first kappa shape index (κ1) is 9.21. The maximum Gasteiger partial charge on any atom is 0.125 e. The number of fused-ring (bicyclic) bond motifs is 1. The van der Waals surface area contributed by atoms with Crippen LogP contribution in [0.3, 0.4) is 0 Å². The number of hydrogen-bond donors (Lipinski definition) is 1. The number of nitrogens with zero attached hydrogens (tertiary/aromatic N) is 2. The van der Waals surface area contributed by atoms with Crippen molar-refractivity contribution in [2.24, 2.45) is 0 Å². The molecule has 0 atom stereocenters. The molecule has 3 nitrogen and oxygen atoms in total. The van der Waals surface area contributed by atoms with Gasteiger partial charge in [0.15, 0.2) is 0 Å². The Balaban J connectivity index is 2.20. The van der Waals surface area contributed by atoms with Crippen LogP contribution in [0.1, 0.15) is 17.5 Å². The molecule has 80 valence electrons. The monoisotopic (exact) mass is 212 g/mol. The number of hydrogen-bond acceptors (Lipinski definition) is 2. The highest BCUT2D eigenvalue weighted by Gasteiger charge is 2.17. The minimum atomic E-state index is 0.345. The molecule has 3 heteroatoms. The molecule has 1 heterocycles. The highest BCUT2D eigenvalue weighted by molar-refractivity contribution is 5.74. The van der Waals surface area contributed by atoms with Crippen LogP contribution in [-0.4, -0.2) is 14.7 Å². The number of aromatic nitrogens is 2. The van der Waals surface area contributed by atoms with Gasteiger partial charge in [-0.25, -0.2) is 4.98 Å². The van der Waals surface area contributed by atoms with E-state index < -0.39 is 0 Å². The number of phenolic OH excluding ortho intramolecular Hbond substituents is 1. The molecular formula is C13H12N2O. The van der Waals surface area contributed by atoms with Crippen molar-refractivity contribution < 1.29 is 5.11 Å². The van der Waals surface area contributed by atoms with Crippen LogP contribution in [0.5, 0.6) is 5.75 Å². The Labute approximate surface area is 93.7 Å². The summed E-state index contributed by atoms with van der Waals surface area (Å²) in [6.45, 7) is 0. The Morgan fingerprint density at radius 2 is 2.25 bits per heavy atom. The maximum atomic E-state index is 9.95. The van der Waals surface area contributed by atoms with Crippen molar-refractivity contribution in [3.8, 4) is 5.75 Å². The van der Waals surface area contributed by atoms with Gasteiger partial charge in [0, 0.05) is 18.0 Å². The van der Waals surface area contributed by atoms with Gasteiger partial charge < -0.3 is 9.67 Å². The molecular weight excluding hydrogens is 200 g/mol. The summed E-state index contributed by atoms with van der Waals surface area (Å²) in [5.74, 6) is 0.345. The van der Waals surface area contributed by atoms with E-state index in [0.717, 1.165) is 24.1 Å². The molecule has 0 saturated carbocycles. The van der Waals surface area contributed by atoms with Crippen molar-refractivity contribution in [1.29, 1.82) is 0 Å². The number of allylic oxidation sites excluding steroid dienone is 1. The Morgan fingerprint density at radius 1 is 1.31 bits per heavy atom. The standard InChI is InChI=1S/C13H12N2O/c16-12-6-2-4-10-3-1-5-11(13(10)12)15-8-7-14-9-15/h2,4-9,16H,1,3H2. The van der Waals surface area contributed by atoms with Crippen LogP contribution in [0.2, 0.25) is 0 Å². The molecule has 0 fully saturated rings. The van der Waals surface area contributed by atoms with E-state index >= 15 is 0 Å². The second-order valence-corrected chi connectivity index (χ2v) is 3.91. The predicted octanol–water partition coefficient (Wildman–Crippen LogP) is 2.42. The molecule has 1 aromatic heterocycles. The molecule has 0 aliphatic heterocycles. The summed E-state index contributed by atoms with van der Waals surface area (Å²) < 4.78 is 1.94. The smallest absolute Gasteiger partial charge is 0.125 e. The van der Waals surface area contributed by atoms with Crippen molar-refractivity contribution in [1.82, 2.24) is 9.55 Å². The molecule has 3 rings (SSSR count). The number of benzene rings is 1. The predicted molar refractivity (Wildman–Crippen MR) is 62.0 cm³/mol. The van der Waals surface area contributed by atoms with E-state index in [1.807, 2.05) is 16.8 Å². The van der Waals surface area contributed by atoms with Gasteiger partial charge in [-0.15, -0.1) is 0 Å². The van der Waals surface area contributed by atoms with E-state index in [9.17, 15) is 5.11 Å². The van der Waals surface area contributed by atoms with Crippen LogP contribution in [0.4, 0.5) is 0 Å². The first-order valence-corrected chi connectivity index (χ1v) is 5.36. The van der Waals surface area contributed by atoms with Crippen LogP contribution < -0.4 is 0 Å². The number of aryl methyl sites for hydroxylation is 1. The van der Waals surface area contributed by atoms with Crippen molar-refractivity contribution >= 4 is 5.70 Å². The summed E-state index contributed by atoms with van der Waals surface area (Å²) in [5.41, 5.74) is 3.16. The number of imidazole rings is 1. The van der Waals surface area contributed by atoms with Gasteiger partial charge in [0.1, 0.15) is 5.75 Å². The van der Waals surface area contributed by atoms with Gasteiger partial charge in [-0.3, -0.25) is 0 Å². The summed E-state index contributed by atoms with van der Waals surface area (Å²) in [7, 11) is 0. The lowest BCUT2D eigenvalue weighted by atomic mass is 9.94. The quantitative estimate of drug-likeness (QED) is 0.788. The van der Waals surface area contributed by atoms with Gasteiger partial charge in [0.25, 0.3) is 0 Å². The van der Waals surface area contributed by atoms with Gasteiger partial charge in [0.2, 0.25) is 0 Å². The van der Waals surface area contributed by atoms with Crippen molar-refractivity contribution in [2.75, 3.05) is 0 Å². The van der Waals surface area contributed by atoms with Gasteiger partial charge in [-0.1, -0.05) is 18.2 Å². The molecule has 0 bridgehead atoms. The first-order valence-electron chi connectivity index (χ1n) is 5.36. The molecule has 2 aromatic rings. The summed E-state index contributed by atoms with van der Waals surface area (Å²) in [6, 6.07) is 5.69. The third-order valence-corrected chi connectivity index (χ3v) is 2.92. The van der Waals surface area contributed by atoms with Gasteiger partial charge >= 0.3 is 0 Å². The van der Waals surface area contributed by atoms with Gasteiger partial charge in [-0.05, 0) is 24.5 Å². The van der Waals surface area contributed by atoms with E-state index in [2.05, 4.69) is 17.1 Å². The lowest BCUT2D eigenvalue weighted by molar-refractivity contribution is 0.472. The molecule has 1 aromatic carbocycles. The van der Waals surface area contributed by atoms with Crippen molar-refractivity contribution in [2.45, 2.75) is 12.8 Å². The first-order chi connectivity index (χ1) is 7.86.